The zero-order valence-corrected chi connectivity index (χ0v) is 21.6. The van der Waals surface area contributed by atoms with Gasteiger partial charge in [0.05, 0.1) is 24.0 Å². The van der Waals surface area contributed by atoms with Crippen molar-refractivity contribution in [3.05, 3.63) is 29.7 Å². The molecule has 10 heteroatoms. The topological polar surface area (TPSA) is 111 Å². The van der Waals surface area contributed by atoms with Crippen molar-refractivity contribution in [3.8, 4) is 23.1 Å². The van der Waals surface area contributed by atoms with Crippen LogP contribution in [0, 0.1) is 24.2 Å². The second kappa shape index (κ2) is 9.12. The van der Waals surface area contributed by atoms with E-state index in [0.717, 1.165) is 29.8 Å². The fraction of sp³-hybridized carbons (Fsp3) is 0.577. The van der Waals surface area contributed by atoms with E-state index >= 15 is 0 Å². The summed E-state index contributed by atoms with van der Waals surface area (Å²) in [7, 11) is 0. The van der Waals surface area contributed by atoms with Gasteiger partial charge in [-0.1, -0.05) is 5.21 Å². The van der Waals surface area contributed by atoms with Crippen LogP contribution in [-0.2, 0) is 4.74 Å². The summed E-state index contributed by atoms with van der Waals surface area (Å²) in [6.07, 6.45) is 7.13. The molecule has 2 fully saturated rings. The van der Waals surface area contributed by atoms with E-state index in [1.807, 2.05) is 44.6 Å². The summed E-state index contributed by atoms with van der Waals surface area (Å²) < 4.78 is 15.5. The molecule has 0 spiro atoms. The molecule has 2 aliphatic rings. The first-order valence-corrected chi connectivity index (χ1v) is 12.6. The highest BCUT2D eigenvalue weighted by Gasteiger charge is 2.31. The van der Waals surface area contributed by atoms with Crippen molar-refractivity contribution in [3.63, 3.8) is 0 Å². The van der Waals surface area contributed by atoms with Crippen molar-refractivity contribution in [2.24, 2.45) is 5.92 Å². The second-order valence-corrected chi connectivity index (χ2v) is 10.9. The molecule has 1 aliphatic carbocycles. The zero-order chi connectivity index (χ0) is 25.6. The van der Waals surface area contributed by atoms with Crippen molar-refractivity contribution in [1.82, 2.24) is 29.5 Å². The fourth-order valence-corrected chi connectivity index (χ4v) is 4.82. The number of carbonyl (C=O) groups excluding carboxylic acids is 1. The molecule has 1 saturated heterocycles. The van der Waals surface area contributed by atoms with Crippen LogP contribution in [0.15, 0.2) is 18.5 Å². The summed E-state index contributed by atoms with van der Waals surface area (Å²) in [6, 6.07) is 4.31. The van der Waals surface area contributed by atoms with Crippen LogP contribution in [0.5, 0.6) is 5.75 Å². The Balaban J connectivity index is 1.38. The van der Waals surface area contributed by atoms with Crippen LogP contribution in [0.1, 0.15) is 70.7 Å². The maximum Gasteiger partial charge on any atom is 0.410 e. The summed E-state index contributed by atoms with van der Waals surface area (Å²) in [4.78, 5) is 14.2. The smallest absolute Gasteiger partial charge is 0.410 e. The Hall–Kier alpha value is -3.61. The number of hydrogen-bond donors (Lipinski definition) is 0. The SMILES string of the molecule is Cc1c(-c2cc(O[C@H](C)C3CC3)c3c(C#N)cnn3c2)nnn1C1CCN(C(=O)OC(C)(C)C)CC1. The van der Waals surface area contributed by atoms with E-state index in [4.69, 9.17) is 9.47 Å². The Labute approximate surface area is 210 Å². The van der Waals surface area contributed by atoms with E-state index in [0.29, 0.717) is 35.8 Å². The quantitative estimate of drug-likeness (QED) is 0.516. The zero-order valence-electron chi connectivity index (χ0n) is 21.6. The van der Waals surface area contributed by atoms with E-state index in [2.05, 4.69) is 28.4 Å². The van der Waals surface area contributed by atoms with E-state index in [-0.39, 0.29) is 18.2 Å². The molecule has 1 aliphatic heterocycles. The minimum atomic E-state index is -0.506. The molecule has 5 rings (SSSR count). The summed E-state index contributed by atoms with van der Waals surface area (Å²) in [5.74, 6) is 1.19. The maximum atomic E-state index is 12.4. The van der Waals surface area contributed by atoms with E-state index in [1.54, 1.807) is 15.6 Å². The molecule has 3 aromatic heterocycles. The Morgan fingerprint density at radius 3 is 2.58 bits per heavy atom. The number of pyridine rings is 1. The fourth-order valence-electron chi connectivity index (χ4n) is 4.82. The number of amides is 1. The van der Waals surface area contributed by atoms with Gasteiger partial charge in [-0.05, 0) is 72.3 Å². The molecule has 1 amide bonds. The van der Waals surface area contributed by atoms with Crippen molar-refractivity contribution in [2.75, 3.05) is 13.1 Å². The van der Waals surface area contributed by atoms with Crippen molar-refractivity contribution in [2.45, 2.75) is 78.0 Å². The van der Waals surface area contributed by atoms with Gasteiger partial charge in [0.1, 0.15) is 34.2 Å². The lowest BCUT2D eigenvalue weighted by atomic mass is 10.0. The Bertz CT molecular complexity index is 1320. The lowest BCUT2D eigenvalue weighted by Crippen LogP contribution is -2.42. The van der Waals surface area contributed by atoms with Crippen LogP contribution in [0.25, 0.3) is 16.8 Å². The number of carbonyl (C=O) groups is 1. The molecule has 190 valence electrons. The predicted octanol–water partition coefficient (Wildman–Crippen LogP) is 4.52. The van der Waals surface area contributed by atoms with E-state index in [1.165, 1.54) is 12.8 Å². The molecule has 0 radical (unpaired) electrons. The Morgan fingerprint density at radius 2 is 1.94 bits per heavy atom. The van der Waals surface area contributed by atoms with E-state index < -0.39 is 5.60 Å². The van der Waals surface area contributed by atoms with Gasteiger partial charge in [0.25, 0.3) is 0 Å². The van der Waals surface area contributed by atoms with Gasteiger partial charge in [0.2, 0.25) is 0 Å². The number of fused-ring (bicyclic) bond motifs is 1. The summed E-state index contributed by atoms with van der Waals surface area (Å²) in [6.45, 7) is 10.9. The van der Waals surface area contributed by atoms with E-state index in [9.17, 15) is 10.1 Å². The number of nitriles is 1. The minimum Gasteiger partial charge on any atom is -0.488 e. The first-order valence-electron chi connectivity index (χ1n) is 12.6. The highest BCUT2D eigenvalue weighted by molar-refractivity contribution is 5.75. The molecule has 0 bridgehead atoms. The summed E-state index contributed by atoms with van der Waals surface area (Å²) >= 11 is 0. The number of nitrogens with zero attached hydrogens (tertiary/aromatic N) is 7. The average molecular weight is 492 g/mol. The second-order valence-electron chi connectivity index (χ2n) is 10.9. The lowest BCUT2D eigenvalue weighted by molar-refractivity contribution is 0.0184. The monoisotopic (exact) mass is 491 g/mol. The van der Waals surface area contributed by atoms with Crippen LogP contribution in [0.3, 0.4) is 0 Å². The van der Waals surface area contributed by atoms with Gasteiger partial charge in [-0.3, -0.25) is 0 Å². The van der Waals surface area contributed by atoms with Gasteiger partial charge in [0.15, 0.2) is 0 Å². The van der Waals surface area contributed by atoms with Crippen LogP contribution in [0.4, 0.5) is 4.79 Å². The third kappa shape index (κ3) is 4.74. The standard InChI is InChI=1S/C26H33N7O3/c1-16-23(29-30-33(16)21-8-10-31(11-9-21)25(34)36-26(3,4)5)19-12-22(35-17(2)18-6-7-18)24-20(13-27)14-28-32(24)15-19/h12,14-15,17-18,21H,6-11H2,1-5H3/t17-/m1/s1. The van der Waals surface area contributed by atoms with Gasteiger partial charge < -0.3 is 14.4 Å². The normalized spacial score (nSPS) is 17.7. The molecule has 1 saturated carbocycles. The number of likely N-dealkylation sites (tertiary alicyclic amines) is 1. The molecule has 0 unspecified atom stereocenters. The highest BCUT2D eigenvalue weighted by atomic mass is 16.6. The summed E-state index contributed by atoms with van der Waals surface area (Å²) in [5, 5.41) is 23.0. The molecule has 0 aromatic carbocycles. The maximum absolute atomic E-state index is 12.4. The number of ether oxygens (including phenoxy) is 2. The average Bonchev–Trinajstić information content (AvgIpc) is 3.49. The molecule has 0 N–H and O–H groups in total. The molecular formula is C26H33N7O3. The van der Waals surface area contributed by atoms with Crippen molar-refractivity contribution in [1.29, 1.82) is 5.26 Å². The molecular weight excluding hydrogens is 458 g/mol. The molecule has 36 heavy (non-hydrogen) atoms. The number of hydrogen-bond acceptors (Lipinski definition) is 7. The largest absolute Gasteiger partial charge is 0.488 e. The number of rotatable bonds is 5. The number of piperidine rings is 1. The van der Waals surface area contributed by atoms with Crippen molar-refractivity contribution < 1.29 is 14.3 Å². The van der Waals surface area contributed by atoms with Crippen LogP contribution < -0.4 is 4.74 Å². The predicted molar refractivity (Wildman–Crippen MR) is 133 cm³/mol. The van der Waals surface area contributed by atoms with Crippen molar-refractivity contribution >= 4 is 11.6 Å². The lowest BCUT2D eigenvalue weighted by Gasteiger charge is -2.33. The third-order valence-corrected chi connectivity index (χ3v) is 6.96. The minimum absolute atomic E-state index is 0.0671. The van der Waals surface area contributed by atoms with Crippen LogP contribution in [-0.4, -0.2) is 60.4 Å². The van der Waals surface area contributed by atoms with Gasteiger partial charge in [-0.2, -0.15) is 10.4 Å². The first-order chi connectivity index (χ1) is 17.1. The number of aromatic nitrogens is 5. The van der Waals surface area contributed by atoms with Gasteiger partial charge in [-0.25, -0.2) is 14.0 Å². The summed E-state index contributed by atoms with van der Waals surface area (Å²) in [5.41, 5.74) is 3.19. The Kier molecular flexibility index (Phi) is 6.10. The Morgan fingerprint density at radius 1 is 1.22 bits per heavy atom. The molecule has 1 atom stereocenters. The first kappa shape index (κ1) is 24.1. The van der Waals surface area contributed by atoms with Crippen LogP contribution >= 0.6 is 0 Å². The molecule has 3 aromatic rings. The molecule has 10 nitrogen and oxygen atoms in total. The van der Waals surface area contributed by atoms with Crippen LogP contribution in [0.2, 0.25) is 0 Å². The highest BCUT2D eigenvalue weighted by Crippen LogP contribution is 2.38. The third-order valence-electron chi connectivity index (χ3n) is 6.96. The van der Waals surface area contributed by atoms with Gasteiger partial charge in [-0.15, -0.1) is 5.10 Å². The molecule has 4 heterocycles. The van der Waals surface area contributed by atoms with Gasteiger partial charge >= 0.3 is 6.09 Å². The van der Waals surface area contributed by atoms with Gasteiger partial charge in [0, 0.05) is 24.8 Å².